The van der Waals surface area contributed by atoms with Crippen molar-refractivity contribution in [1.82, 2.24) is 4.98 Å². The molecule has 3 rings (SSSR count). The van der Waals surface area contributed by atoms with Crippen LogP contribution in [0.25, 0.3) is 21.8 Å². The van der Waals surface area contributed by atoms with Crippen LogP contribution in [0.4, 0.5) is 5.69 Å². The molecule has 0 amide bonds. The number of anilines is 1. The number of nitrogens with zero attached hydrogens (tertiary/aromatic N) is 2. The zero-order valence-electron chi connectivity index (χ0n) is 21.1. The van der Waals surface area contributed by atoms with Crippen LogP contribution in [0.15, 0.2) is 36.4 Å². The second-order valence-electron chi connectivity index (χ2n) is 9.56. The van der Waals surface area contributed by atoms with Crippen molar-refractivity contribution in [2.24, 2.45) is 0 Å². The van der Waals surface area contributed by atoms with Gasteiger partial charge in [-0.25, -0.2) is 0 Å². The quantitative estimate of drug-likeness (QED) is 0.175. The van der Waals surface area contributed by atoms with Crippen molar-refractivity contribution in [2.75, 3.05) is 26.1 Å². The molecule has 0 spiro atoms. The van der Waals surface area contributed by atoms with Gasteiger partial charge in [-0.1, -0.05) is 0 Å². The van der Waals surface area contributed by atoms with E-state index in [-0.39, 0.29) is 0 Å². The van der Waals surface area contributed by atoms with Crippen molar-refractivity contribution in [2.45, 2.75) is 72.6 Å². The first-order valence-corrected chi connectivity index (χ1v) is 20.1. The normalized spacial score (nSPS) is 11.9. The number of hydrogen-bond donors (Lipinski definition) is 0. The minimum atomic E-state index is -2.48. The molecule has 0 saturated carbocycles. The summed E-state index contributed by atoms with van der Waals surface area (Å²) in [5.41, 5.74) is 3.46. The van der Waals surface area contributed by atoms with Gasteiger partial charge in [0.15, 0.2) is 0 Å². The third kappa shape index (κ3) is 5.35. The number of fused-ring (bicyclic) bond motifs is 2. The molecule has 174 valence electrons. The van der Waals surface area contributed by atoms with E-state index < -0.39 is 18.4 Å². The third-order valence-electron chi connectivity index (χ3n) is 7.04. The minimum absolute atomic E-state index is 0.882. The Kier molecular flexibility index (Phi) is 9.10. The van der Waals surface area contributed by atoms with Crippen molar-refractivity contribution in [3.05, 3.63) is 36.4 Å². The molecule has 0 N–H and O–H groups in total. The molecule has 0 saturated heterocycles. The van der Waals surface area contributed by atoms with Gasteiger partial charge in [-0.05, 0) is 0 Å². The maximum absolute atomic E-state index is 5.51. The second kappa shape index (κ2) is 11.6. The predicted octanol–water partition coefficient (Wildman–Crippen LogP) is 7.52. The fourth-order valence-electron chi connectivity index (χ4n) is 5.19. The molecule has 32 heavy (non-hydrogen) atoms. The molecule has 0 aliphatic heterocycles. The Morgan fingerprint density at radius 1 is 0.781 bits per heavy atom. The van der Waals surface area contributed by atoms with Crippen molar-refractivity contribution in [3.63, 3.8) is 0 Å². The van der Waals surface area contributed by atoms with Gasteiger partial charge in [-0.2, -0.15) is 0 Å². The number of ether oxygens (including phenoxy) is 1. The van der Waals surface area contributed by atoms with Crippen LogP contribution < -0.4 is 13.2 Å². The summed E-state index contributed by atoms with van der Waals surface area (Å²) >= 11 is -2.48. The van der Waals surface area contributed by atoms with Gasteiger partial charge in [-0.15, -0.1) is 0 Å². The molecule has 1 aromatic heterocycles. The molecule has 0 bridgehead atoms. The molecule has 0 unspecified atom stereocenters. The van der Waals surface area contributed by atoms with Crippen LogP contribution in [-0.4, -0.2) is 44.6 Å². The summed E-state index contributed by atoms with van der Waals surface area (Å²) in [4.78, 5) is 7.39. The molecule has 1 heterocycles. The van der Waals surface area contributed by atoms with Crippen LogP contribution in [0.1, 0.15) is 59.3 Å². The summed E-state index contributed by atoms with van der Waals surface area (Å²) in [7, 11) is 6.00. The fraction of sp³-hybridized carbons (Fsp3) is 0.536. The van der Waals surface area contributed by atoms with E-state index in [1.54, 1.807) is 10.7 Å². The first-order chi connectivity index (χ1) is 15.5. The number of benzene rings is 2. The fourth-order valence-corrected chi connectivity index (χ4v) is 21.1. The van der Waals surface area contributed by atoms with Gasteiger partial charge in [0.1, 0.15) is 0 Å². The zero-order valence-corrected chi connectivity index (χ0v) is 24.0. The van der Waals surface area contributed by atoms with E-state index in [1.165, 1.54) is 62.9 Å². The Balaban J connectivity index is 2.21. The van der Waals surface area contributed by atoms with Gasteiger partial charge in [0.2, 0.25) is 0 Å². The first-order valence-electron chi connectivity index (χ1n) is 12.6. The molecule has 0 fully saturated rings. The van der Waals surface area contributed by atoms with Gasteiger partial charge in [0, 0.05) is 0 Å². The molecule has 0 aliphatic rings. The number of pyridine rings is 1. The number of aromatic nitrogens is 1. The average Bonchev–Trinajstić information content (AvgIpc) is 2.81. The number of methoxy groups -OCH3 is 1. The van der Waals surface area contributed by atoms with E-state index in [1.807, 2.05) is 6.07 Å². The Morgan fingerprint density at radius 2 is 1.41 bits per heavy atom. The molecular weight excluding hydrogens is 499 g/mol. The number of rotatable bonds is 12. The second-order valence-corrected chi connectivity index (χ2v) is 22.8. The van der Waals surface area contributed by atoms with Gasteiger partial charge < -0.3 is 0 Å². The summed E-state index contributed by atoms with van der Waals surface area (Å²) in [6.45, 7) is 7.05. The van der Waals surface area contributed by atoms with E-state index in [0.717, 1.165) is 22.2 Å². The number of unbranched alkanes of at least 4 members (excludes halogenated alkanes) is 3. The Hall–Kier alpha value is -1.49. The Labute approximate surface area is 199 Å². The molecule has 0 atom stereocenters. The zero-order chi connectivity index (χ0) is 23.1. The third-order valence-corrected chi connectivity index (χ3v) is 22.6. The van der Waals surface area contributed by atoms with Gasteiger partial charge in [0.25, 0.3) is 0 Å². The topological polar surface area (TPSA) is 25.4 Å². The molecule has 0 aliphatic carbocycles. The van der Waals surface area contributed by atoms with Gasteiger partial charge in [-0.3, -0.25) is 0 Å². The van der Waals surface area contributed by atoms with Crippen molar-refractivity contribution in [1.29, 1.82) is 0 Å². The van der Waals surface area contributed by atoms with Crippen LogP contribution >= 0.6 is 0 Å². The summed E-state index contributed by atoms with van der Waals surface area (Å²) in [6, 6.07) is 13.6. The van der Waals surface area contributed by atoms with E-state index in [0.29, 0.717) is 0 Å². The van der Waals surface area contributed by atoms with Crippen LogP contribution in [0.2, 0.25) is 13.3 Å². The van der Waals surface area contributed by atoms with E-state index in [9.17, 15) is 0 Å². The number of hydrogen-bond acceptors (Lipinski definition) is 3. The van der Waals surface area contributed by atoms with Gasteiger partial charge >= 0.3 is 200 Å². The molecule has 2 aromatic carbocycles. The Bertz CT molecular complexity index is 1010. The molecular formula is C28H42N2OSn. The van der Waals surface area contributed by atoms with Crippen LogP contribution in [0, 0.1) is 0 Å². The van der Waals surface area contributed by atoms with Crippen molar-refractivity contribution < 1.29 is 4.74 Å². The SMILES string of the molecule is CCC[CH2][Sn]([CH2]CCC)([CH2]CCC)[c]1ccc2c(N(C)C)c3cc(OC)ccc3nc2c1. The maximum atomic E-state index is 5.51. The van der Waals surface area contributed by atoms with Crippen LogP contribution in [-0.2, 0) is 0 Å². The van der Waals surface area contributed by atoms with Crippen molar-refractivity contribution in [3.8, 4) is 5.75 Å². The van der Waals surface area contributed by atoms with E-state index in [4.69, 9.17) is 9.72 Å². The van der Waals surface area contributed by atoms with Crippen molar-refractivity contribution >= 4 is 49.4 Å². The molecule has 4 heteroatoms. The molecule has 0 radical (unpaired) electrons. The average molecular weight is 541 g/mol. The summed E-state index contributed by atoms with van der Waals surface area (Å²) in [5.74, 6) is 0.882. The standard InChI is InChI=1S/C16H15N2O.3C4H9.Sn/c1-18(2)16-12-6-4-5-7-14(12)17-15-9-8-11(19-3)10-13(15)16;3*1-3-4-2;/h4,6-10H,1-3H3;3*1,3-4H2,2H3;. The van der Waals surface area contributed by atoms with E-state index >= 15 is 0 Å². The molecule has 3 nitrogen and oxygen atoms in total. The van der Waals surface area contributed by atoms with E-state index in [2.05, 4.69) is 70.1 Å². The summed E-state index contributed by atoms with van der Waals surface area (Å²) in [6.07, 6.45) is 8.07. The monoisotopic (exact) mass is 542 g/mol. The van der Waals surface area contributed by atoms with Gasteiger partial charge in [0.05, 0.1) is 0 Å². The first kappa shape index (κ1) is 25.1. The summed E-state index contributed by atoms with van der Waals surface area (Å²) in [5, 5.41) is 2.41. The van der Waals surface area contributed by atoms with Crippen LogP contribution in [0.3, 0.4) is 0 Å². The molecule has 3 aromatic rings. The van der Waals surface area contributed by atoms with Crippen LogP contribution in [0.5, 0.6) is 5.75 Å². The summed E-state index contributed by atoms with van der Waals surface area (Å²) < 4.78 is 11.7. The Morgan fingerprint density at radius 3 is 1.94 bits per heavy atom. The predicted molar refractivity (Wildman–Crippen MR) is 145 cm³/mol.